The van der Waals surface area contributed by atoms with Crippen LogP contribution < -0.4 is 15.4 Å². The van der Waals surface area contributed by atoms with Crippen molar-refractivity contribution in [3.63, 3.8) is 0 Å². The molecule has 28 heavy (non-hydrogen) atoms. The highest BCUT2D eigenvalue weighted by atomic mass is 32.2. The Morgan fingerprint density at radius 3 is 2.43 bits per heavy atom. The number of sulfone groups is 1. The second-order valence-electron chi connectivity index (χ2n) is 6.57. The van der Waals surface area contributed by atoms with Gasteiger partial charge in [-0.15, -0.1) is 0 Å². The highest BCUT2D eigenvalue weighted by Gasteiger charge is 2.27. The number of anilines is 3. The van der Waals surface area contributed by atoms with Crippen LogP contribution >= 0.6 is 0 Å². The minimum Gasteiger partial charge on any atom is -0.457 e. The maximum atomic E-state index is 11.6. The Balaban J connectivity index is 1.39. The molecular formula is C20H20N4O3S. The van der Waals surface area contributed by atoms with Crippen LogP contribution in [0.15, 0.2) is 66.9 Å². The van der Waals surface area contributed by atoms with E-state index in [2.05, 4.69) is 20.6 Å². The molecule has 2 N–H and O–H groups in total. The summed E-state index contributed by atoms with van der Waals surface area (Å²) in [6, 6.07) is 18.7. The van der Waals surface area contributed by atoms with Gasteiger partial charge in [-0.1, -0.05) is 18.2 Å². The van der Waals surface area contributed by atoms with Crippen molar-refractivity contribution in [2.75, 3.05) is 22.1 Å². The lowest BCUT2D eigenvalue weighted by Gasteiger charge is -2.12. The molecule has 1 fully saturated rings. The van der Waals surface area contributed by atoms with E-state index in [-0.39, 0.29) is 17.5 Å². The molecular weight excluding hydrogens is 376 g/mol. The number of hydrogen-bond donors (Lipinski definition) is 2. The van der Waals surface area contributed by atoms with Crippen molar-refractivity contribution >= 4 is 27.3 Å². The number of aromatic nitrogens is 2. The zero-order chi connectivity index (χ0) is 19.4. The summed E-state index contributed by atoms with van der Waals surface area (Å²) in [7, 11) is -2.93. The zero-order valence-corrected chi connectivity index (χ0v) is 15.9. The van der Waals surface area contributed by atoms with E-state index < -0.39 is 9.84 Å². The lowest BCUT2D eigenvalue weighted by atomic mass is 10.2. The van der Waals surface area contributed by atoms with Gasteiger partial charge in [0, 0.05) is 17.9 Å². The van der Waals surface area contributed by atoms with Crippen LogP contribution in [0.2, 0.25) is 0 Å². The number of benzene rings is 2. The molecule has 2 heterocycles. The molecule has 0 amide bonds. The lowest BCUT2D eigenvalue weighted by Crippen LogP contribution is -2.21. The molecule has 8 heteroatoms. The fourth-order valence-electron chi connectivity index (χ4n) is 2.98. The fraction of sp³-hybridized carbons (Fsp3) is 0.200. The summed E-state index contributed by atoms with van der Waals surface area (Å²) >= 11 is 0. The first-order chi connectivity index (χ1) is 13.6. The van der Waals surface area contributed by atoms with Crippen LogP contribution in [0.3, 0.4) is 0 Å². The highest BCUT2D eigenvalue weighted by molar-refractivity contribution is 7.91. The topological polar surface area (TPSA) is 93.2 Å². The number of ether oxygens (including phenoxy) is 1. The maximum absolute atomic E-state index is 11.6. The van der Waals surface area contributed by atoms with Gasteiger partial charge < -0.3 is 15.4 Å². The van der Waals surface area contributed by atoms with Crippen molar-refractivity contribution in [3.8, 4) is 11.5 Å². The molecule has 0 bridgehead atoms. The average Bonchev–Trinajstić information content (AvgIpc) is 3.03. The van der Waals surface area contributed by atoms with Gasteiger partial charge >= 0.3 is 0 Å². The Hall–Kier alpha value is -3.13. The van der Waals surface area contributed by atoms with Crippen LogP contribution in [0.5, 0.6) is 11.5 Å². The Morgan fingerprint density at radius 2 is 1.71 bits per heavy atom. The van der Waals surface area contributed by atoms with Crippen molar-refractivity contribution in [1.82, 2.24) is 9.97 Å². The van der Waals surface area contributed by atoms with Crippen LogP contribution in [0.1, 0.15) is 6.42 Å². The van der Waals surface area contributed by atoms with Crippen molar-refractivity contribution < 1.29 is 13.2 Å². The minimum absolute atomic E-state index is 0.109. The molecule has 1 aliphatic rings. The van der Waals surface area contributed by atoms with E-state index in [4.69, 9.17) is 4.74 Å². The third-order valence-corrected chi connectivity index (χ3v) is 6.10. The second-order valence-corrected chi connectivity index (χ2v) is 8.80. The average molecular weight is 396 g/mol. The molecule has 144 valence electrons. The normalized spacial score (nSPS) is 17.8. The zero-order valence-electron chi connectivity index (χ0n) is 15.1. The summed E-state index contributed by atoms with van der Waals surface area (Å²) in [5, 5.41) is 6.31. The monoisotopic (exact) mass is 396 g/mol. The number of nitrogens with zero attached hydrogens (tertiary/aromatic N) is 2. The van der Waals surface area contributed by atoms with E-state index in [0.717, 1.165) is 17.2 Å². The van der Waals surface area contributed by atoms with Gasteiger partial charge in [-0.25, -0.2) is 13.4 Å². The quantitative estimate of drug-likeness (QED) is 0.657. The second kappa shape index (κ2) is 7.85. The van der Waals surface area contributed by atoms with Crippen LogP contribution in [0.25, 0.3) is 0 Å². The predicted octanol–water partition coefficient (Wildman–Crippen LogP) is 3.61. The van der Waals surface area contributed by atoms with Crippen LogP contribution in [-0.2, 0) is 9.84 Å². The molecule has 2 aromatic carbocycles. The Bertz CT molecular complexity index is 1040. The highest BCUT2D eigenvalue weighted by Crippen LogP contribution is 2.24. The van der Waals surface area contributed by atoms with Crippen molar-refractivity contribution in [3.05, 3.63) is 66.9 Å². The van der Waals surface area contributed by atoms with E-state index >= 15 is 0 Å². The molecule has 0 radical (unpaired) electrons. The number of nitrogens with one attached hydrogen (secondary N) is 2. The van der Waals surface area contributed by atoms with Gasteiger partial charge in [-0.2, -0.15) is 4.98 Å². The van der Waals surface area contributed by atoms with E-state index in [1.54, 1.807) is 12.3 Å². The minimum atomic E-state index is -2.93. The third kappa shape index (κ3) is 4.77. The molecule has 3 aromatic rings. The van der Waals surface area contributed by atoms with E-state index in [1.165, 1.54) is 0 Å². The van der Waals surface area contributed by atoms with Crippen LogP contribution in [-0.4, -0.2) is 35.9 Å². The smallest absolute Gasteiger partial charge is 0.229 e. The standard InChI is InChI=1S/C20H20N4O3S/c25-28(26)13-11-16(14-28)22-19-10-12-21-20(24-19)23-15-6-8-18(9-7-15)27-17-4-2-1-3-5-17/h1-10,12,16H,11,13-14H2,(H2,21,22,23,24). The van der Waals surface area contributed by atoms with Crippen molar-refractivity contribution in [2.45, 2.75) is 12.5 Å². The van der Waals surface area contributed by atoms with Crippen molar-refractivity contribution in [1.29, 1.82) is 0 Å². The largest absolute Gasteiger partial charge is 0.457 e. The maximum Gasteiger partial charge on any atom is 0.229 e. The molecule has 4 rings (SSSR count). The first-order valence-electron chi connectivity index (χ1n) is 8.96. The number of para-hydroxylation sites is 1. The SMILES string of the molecule is O=S1(=O)CCC(Nc2ccnc(Nc3ccc(Oc4ccccc4)cc3)n2)C1. The van der Waals surface area contributed by atoms with Gasteiger partial charge in [-0.3, -0.25) is 0 Å². The summed E-state index contributed by atoms with van der Waals surface area (Å²) in [6.45, 7) is 0. The predicted molar refractivity (Wildman–Crippen MR) is 109 cm³/mol. The van der Waals surface area contributed by atoms with E-state index in [0.29, 0.717) is 18.2 Å². The molecule has 1 saturated heterocycles. The first-order valence-corrected chi connectivity index (χ1v) is 10.8. The molecule has 0 saturated carbocycles. The first kappa shape index (κ1) is 18.2. The van der Waals surface area contributed by atoms with Gasteiger partial charge in [0.05, 0.1) is 11.5 Å². The van der Waals surface area contributed by atoms with E-state index in [1.807, 2.05) is 54.6 Å². The Morgan fingerprint density at radius 1 is 0.964 bits per heavy atom. The van der Waals surface area contributed by atoms with E-state index in [9.17, 15) is 8.42 Å². The van der Waals surface area contributed by atoms with Crippen LogP contribution in [0, 0.1) is 0 Å². The molecule has 1 aliphatic heterocycles. The fourth-order valence-corrected chi connectivity index (χ4v) is 4.65. The summed E-state index contributed by atoms with van der Waals surface area (Å²) in [5.74, 6) is 2.90. The number of hydrogen-bond acceptors (Lipinski definition) is 7. The lowest BCUT2D eigenvalue weighted by molar-refractivity contribution is 0.483. The molecule has 0 spiro atoms. The van der Waals surface area contributed by atoms with Gasteiger partial charge in [-0.05, 0) is 48.9 Å². The van der Waals surface area contributed by atoms with Gasteiger partial charge in [0.2, 0.25) is 5.95 Å². The van der Waals surface area contributed by atoms with Gasteiger partial charge in [0.25, 0.3) is 0 Å². The summed E-state index contributed by atoms with van der Waals surface area (Å²) in [4.78, 5) is 8.63. The van der Waals surface area contributed by atoms with Gasteiger partial charge in [0.15, 0.2) is 9.84 Å². The summed E-state index contributed by atoms with van der Waals surface area (Å²) < 4.78 is 28.9. The Kier molecular flexibility index (Phi) is 5.12. The van der Waals surface area contributed by atoms with Crippen molar-refractivity contribution in [2.24, 2.45) is 0 Å². The molecule has 0 aliphatic carbocycles. The molecule has 1 atom stereocenters. The summed E-state index contributed by atoms with van der Waals surface area (Å²) in [6.07, 6.45) is 2.23. The van der Waals surface area contributed by atoms with Gasteiger partial charge in [0.1, 0.15) is 17.3 Å². The summed E-state index contributed by atoms with van der Waals surface area (Å²) in [5.41, 5.74) is 0.820. The van der Waals surface area contributed by atoms with Crippen LogP contribution in [0.4, 0.5) is 17.5 Å². The Labute approximate surface area is 163 Å². The molecule has 1 unspecified atom stereocenters. The third-order valence-electron chi connectivity index (χ3n) is 4.33. The number of rotatable bonds is 6. The molecule has 1 aromatic heterocycles. The molecule has 7 nitrogen and oxygen atoms in total.